The lowest BCUT2D eigenvalue weighted by atomic mass is 9.84. The van der Waals surface area contributed by atoms with Crippen molar-refractivity contribution in [2.75, 3.05) is 7.11 Å². The minimum atomic E-state index is -0.175. The first-order valence-electron chi connectivity index (χ1n) is 5.31. The molecule has 17 heavy (non-hydrogen) atoms. The van der Waals surface area contributed by atoms with E-state index in [4.69, 9.17) is 4.74 Å². The normalized spacial score (nSPS) is 11.4. The molecular weight excluding hydrogens is 284 g/mol. The number of phenolic OH excluding ortho intramolecular Hbond substituents is 1. The fourth-order valence-corrected chi connectivity index (χ4v) is 2.24. The summed E-state index contributed by atoms with van der Waals surface area (Å²) in [7, 11) is 1.54. The molecule has 4 heteroatoms. The van der Waals surface area contributed by atoms with Crippen LogP contribution >= 0.6 is 15.9 Å². The van der Waals surface area contributed by atoms with Gasteiger partial charge in [0.05, 0.1) is 12.7 Å². The topological polar surface area (TPSA) is 46.5 Å². The standard InChI is InChI=1S/C13H17BrO3/c1-7(15)8-6-9(13(2,3)4)12(17-5)10(14)11(8)16/h6,16H,1-5H3. The molecule has 0 aliphatic rings. The second-order valence-electron chi connectivity index (χ2n) is 4.97. The molecule has 0 heterocycles. The largest absolute Gasteiger partial charge is 0.506 e. The van der Waals surface area contributed by atoms with Crippen LogP contribution in [0.3, 0.4) is 0 Å². The van der Waals surface area contributed by atoms with Crippen LogP contribution in [0.2, 0.25) is 0 Å². The zero-order valence-corrected chi connectivity index (χ0v) is 12.3. The van der Waals surface area contributed by atoms with E-state index < -0.39 is 0 Å². The molecule has 1 rings (SSSR count). The van der Waals surface area contributed by atoms with Gasteiger partial charge in [-0.2, -0.15) is 0 Å². The Balaban J connectivity index is 3.65. The van der Waals surface area contributed by atoms with Gasteiger partial charge >= 0.3 is 0 Å². The number of halogens is 1. The van der Waals surface area contributed by atoms with Crippen LogP contribution in [0.4, 0.5) is 0 Å². The first-order chi connectivity index (χ1) is 7.70. The van der Waals surface area contributed by atoms with Crippen molar-refractivity contribution < 1.29 is 14.6 Å². The number of aromatic hydroxyl groups is 1. The number of phenols is 1. The summed E-state index contributed by atoms with van der Waals surface area (Å²) in [6, 6.07) is 1.70. The van der Waals surface area contributed by atoms with E-state index in [0.29, 0.717) is 15.8 Å². The lowest BCUT2D eigenvalue weighted by molar-refractivity contribution is 0.101. The fourth-order valence-electron chi connectivity index (χ4n) is 1.65. The van der Waals surface area contributed by atoms with Gasteiger partial charge in [0.15, 0.2) is 5.78 Å². The maximum atomic E-state index is 11.5. The van der Waals surface area contributed by atoms with E-state index in [2.05, 4.69) is 15.9 Å². The summed E-state index contributed by atoms with van der Waals surface area (Å²) in [4.78, 5) is 11.5. The van der Waals surface area contributed by atoms with Crippen LogP contribution in [0, 0.1) is 0 Å². The Morgan fingerprint density at radius 3 is 2.29 bits per heavy atom. The van der Waals surface area contributed by atoms with Crippen molar-refractivity contribution in [3.8, 4) is 11.5 Å². The maximum absolute atomic E-state index is 11.5. The average molecular weight is 301 g/mol. The van der Waals surface area contributed by atoms with Crippen molar-refractivity contribution in [1.82, 2.24) is 0 Å². The average Bonchev–Trinajstić information content (AvgIpc) is 2.19. The molecule has 0 aliphatic heterocycles. The second kappa shape index (κ2) is 4.69. The highest BCUT2D eigenvalue weighted by atomic mass is 79.9. The molecule has 0 amide bonds. The summed E-state index contributed by atoms with van der Waals surface area (Å²) in [5.41, 5.74) is 1.02. The number of Topliss-reactive ketones (excluding diaryl/α,β-unsaturated/α-hetero) is 1. The summed E-state index contributed by atoms with van der Waals surface area (Å²) in [5, 5.41) is 9.92. The van der Waals surface area contributed by atoms with Gasteiger partial charge in [0, 0.05) is 5.56 Å². The van der Waals surface area contributed by atoms with Gasteiger partial charge in [0.2, 0.25) is 0 Å². The molecule has 0 saturated carbocycles. The molecule has 1 N–H and O–H groups in total. The van der Waals surface area contributed by atoms with Crippen molar-refractivity contribution >= 4 is 21.7 Å². The lowest BCUT2D eigenvalue weighted by Gasteiger charge is -2.24. The molecule has 0 saturated heterocycles. The second-order valence-corrected chi connectivity index (χ2v) is 5.77. The number of hydrogen-bond acceptors (Lipinski definition) is 3. The van der Waals surface area contributed by atoms with Crippen LogP contribution in [0.25, 0.3) is 0 Å². The summed E-state index contributed by atoms with van der Waals surface area (Å²) < 4.78 is 5.73. The molecule has 1 aromatic carbocycles. The van der Waals surface area contributed by atoms with Crippen LogP contribution in [0.15, 0.2) is 10.5 Å². The number of rotatable bonds is 2. The van der Waals surface area contributed by atoms with Crippen molar-refractivity contribution in [2.45, 2.75) is 33.1 Å². The Morgan fingerprint density at radius 1 is 1.41 bits per heavy atom. The lowest BCUT2D eigenvalue weighted by Crippen LogP contribution is -2.14. The zero-order chi connectivity index (χ0) is 13.4. The van der Waals surface area contributed by atoms with E-state index in [9.17, 15) is 9.90 Å². The molecule has 1 aromatic rings. The molecule has 94 valence electrons. The molecule has 0 unspecified atom stereocenters. The minimum absolute atomic E-state index is 0.0673. The molecule has 0 aromatic heterocycles. The van der Waals surface area contributed by atoms with E-state index in [-0.39, 0.29) is 16.9 Å². The van der Waals surface area contributed by atoms with Gasteiger partial charge in [0.25, 0.3) is 0 Å². The summed E-state index contributed by atoms with van der Waals surface area (Å²) in [6.07, 6.45) is 0. The van der Waals surface area contributed by atoms with Crippen LogP contribution in [0.1, 0.15) is 43.6 Å². The number of ketones is 1. The quantitative estimate of drug-likeness (QED) is 0.848. The molecule has 0 radical (unpaired) electrons. The van der Waals surface area contributed by atoms with Gasteiger partial charge < -0.3 is 9.84 Å². The number of hydrogen-bond donors (Lipinski definition) is 1. The number of carbonyl (C=O) groups excluding carboxylic acids is 1. The van der Waals surface area contributed by atoms with Crippen molar-refractivity contribution in [3.63, 3.8) is 0 Å². The third-order valence-electron chi connectivity index (χ3n) is 2.59. The van der Waals surface area contributed by atoms with Gasteiger partial charge in [-0.15, -0.1) is 0 Å². The predicted octanol–water partition coefficient (Wildman–Crippen LogP) is 3.66. The number of benzene rings is 1. The molecule has 0 fully saturated rings. The maximum Gasteiger partial charge on any atom is 0.163 e. The van der Waals surface area contributed by atoms with E-state index in [1.165, 1.54) is 6.92 Å². The summed E-state index contributed by atoms with van der Waals surface area (Å²) >= 11 is 3.28. The van der Waals surface area contributed by atoms with Crippen molar-refractivity contribution in [3.05, 3.63) is 21.7 Å². The van der Waals surface area contributed by atoms with Gasteiger partial charge in [-0.05, 0) is 34.3 Å². The third kappa shape index (κ3) is 2.63. The molecular formula is C13H17BrO3. The van der Waals surface area contributed by atoms with Crippen LogP contribution in [-0.4, -0.2) is 18.0 Å². The Hall–Kier alpha value is -1.03. The monoisotopic (exact) mass is 300 g/mol. The highest BCUT2D eigenvalue weighted by Gasteiger charge is 2.25. The first-order valence-corrected chi connectivity index (χ1v) is 6.10. The number of ether oxygens (including phenoxy) is 1. The van der Waals surface area contributed by atoms with E-state index in [1.807, 2.05) is 20.8 Å². The Kier molecular flexibility index (Phi) is 3.87. The minimum Gasteiger partial charge on any atom is -0.506 e. The van der Waals surface area contributed by atoms with E-state index >= 15 is 0 Å². The van der Waals surface area contributed by atoms with Gasteiger partial charge in [-0.1, -0.05) is 20.8 Å². The van der Waals surface area contributed by atoms with E-state index in [1.54, 1.807) is 13.2 Å². The Morgan fingerprint density at radius 2 is 1.94 bits per heavy atom. The predicted molar refractivity (Wildman–Crippen MR) is 71.1 cm³/mol. The number of carbonyl (C=O) groups is 1. The highest BCUT2D eigenvalue weighted by molar-refractivity contribution is 9.10. The fraction of sp³-hybridized carbons (Fsp3) is 0.462. The highest BCUT2D eigenvalue weighted by Crippen LogP contribution is 2.43. The molecule has 3 nitrogen and oxygen atoms in total. The zero-order valence-electron chi connectivity index (χ0n) is 10.7. The van der Waals surface area contributed by atoms with Crippen LogP contribution in [-0.2, 0) is 5.41 Å². The Bertz CT molecular complexity index is 459. The molecule has 0 spiro atoms. The molecule has 0 aliphatic carbocycles. The van der Waals surface area contributed by atoms with Crippen LogP contribution in [0.5, 0.6) is 11.5 Å². The van der Waals surface area contributed by atoms with E-state index in [0.717, 1.165) is 5.56 Å². The van der Waals surface area contributed by atoms with Gasteiger partial charge in [-0.25, -0.2) is 0 Å². The van der Waals surface area contributed by atoms with Gasteiger partial charge in [-0.3, -0.25) is 4.79 Å². The molecule has 0 bridgehead atoms. The summed E-state index contributed by atoms with van der Waals surface area (Å²) in [6.45, 7) is 7.51. The number of methoxy groups -OCH3 is 1. The van der Waals surface area contributed by atoms with Crippen molar-refractivity contribution in [2.24, 2.45) is 0 Å². The third-order valence-corrected chi connectivity index (χ3v) is 3.32. The molecule has 0 atom stereocenters. The van der Waals surface area contributed by atoms with Crippen molar-refractivity contribution in [1.29, 1.82) is 0 Å². The Labute approximate surface area is 110 Å². The first kappa shape index (κ1) is 14.0. The summed E-state index contributed by atoms with van der Waals surface area (Å²) in [5.74, 6) is 0.332. The SMILES string of the molecule is COc1c(C(C)(C)C)cc(C(C)=O)c(O)c1Br. The van der Waals surface area contributed by atoms with Gasteiger partial charge in [0.1, 0.15) is 16.0 Å². The smallest absolute Gasteiger partial charge is 0.163 e. The van der Waals surface area contributed by atoms with Crippen LogP contribution < -0.4 is 4.74 Å².